The fourth-order valence-corrected chi connectivity index (χ4v) is 1.81. The van der Waals surface area contributed by atoms with E-state index in [9.17, 15) is 9.59 Å². The number of carbonyl (C=O) groups excluding carboxylic acids is 1. The molecule has 7 heteroatoms. The predicted octanol–water partition coefficient (Wildman–Crippen LogP) is 2.32. The Kier molecular flexibility index (Phi) is 5.03. The molecular weight excluding hydrogens is 274 g/mol. The number of nitrogens with zero attached hydrogens (tertiary/aromatic N) is 2. The highest BCUT2D eigenvalue weighted by Gasteiger charge is 2.07. The van der Waals surface area contributed by atoms with Crippen molar-refractivity contribution in [2.75, 3.05) is 5.32 Å². The molecule has 0 unspecified atom stereocenters. The molecule has 0 aliphatic rings. The fraction of sp³-hybridized carbons (Fsp3) is 0.286. The molecule has 0 atom stereocenters. The molecule has 7 nitrogen and oxygen atoms in total. The Morgan fingerprint density at radius 3 is 2.76 bits per heavy atom. The van der Waals surface area contributed by atoms with E-state index >= 15 is 0 Å². The highest BCUT2D eigenvalue weighted by molar-refractivity contribution is 5.91. The van der Waals surface area contributed by atoms with Crippen LogP contribution in [0.1, 0.15) is 25.7 Å². The van der Waals surface area contributed by atoms with Crippen LogP contribution in [-0.4, -0.2) is 27.2 Å². The quantitative estimate of drug-likeness (QED) is 0.758. The van der Waals surface area contributed by atoms with Gasteiger partial charge in [-0.25, -0.2) is 0 Å². The molecule has 0 fully saturated rings. The summed E-state index contributed by atoms with van der Waals surface area (Å²) in [6.45, 7) is 0. The highest BCUT2D eigenvalue weighted by atomic mass is 16.4. The summed E-state index contributed by atoms with van der Waals surface area (Å²) in [7, 11) is 0. The van der Waals surface area contributed by atoms with Gasteiger partial charge in [-0.2, -0.15) is 0 Å². The second kappa shape index (κ2) is 7.18. The Bertz CT molecular complexity index is 610. The largest absolute Gasteiger partial charge is 0.481 e. The van der Waals surface area contributed by atoms with E-state index in [1.807, 2.05) is 0 Å². The Hall–Kier alpha value is -2.70. The van der Waals surface area contributed by atoms with Gasteiger partial charge in [-0.1, -0.05) is 6.07 Å². The first-order valence-corrected chi connectivity index (χ1v) is 6.53. The smallest absolute Gasteiger partial charge is 0.303 e. The molecule has 1 aromatic heterocycles. The molecule has 0 spiro atoms. The monoisotopic (exact) mass is 289 g/mol. The average Bonchev–Trinajstić information content (AvgIpc) is 2.98. The van der Waals surface area contributed by atoms with Crippen LogP contribution in [0.5, 0.6) is 0 Å². The lowest BCUT2D eigenvalue weighted by molar-refractivity contribution is -0.137. The number of hydrogen-bond acceptors (Lipinski definition) is 5. The highest BCUT2D eigenvalue weighted by Crippen LogP contribution is 2.20. The molecule has 2 rings (SSSR count). The zero-order valence-electron chi connectivity index (χ0n) is 11.3. The minimum atomic E-state index is -0.845. The molecule has 1 heterocycles. The number of nitrogens with one attached hydrogen (secondary N) is 1. The van der Waals surface area contributed by atoms with E-state index in [0.717, 1.165) is 5.56 Å². The van der Waals surface area contributed by atoms with E-state index in [1.165, 1.54) is 6.39 Å². The van der Waals surface area contributed by atoms with Crippen molar-refractivity contribution in [1.82, 2.24) is 10.2 Å². The van der Waals surface area contributed by atoms with Gasteiger partial charge in [0.25, 0.3) is 0 Å². The molecule has 0 saturated heterocycles. The number of carbonyl (C=O) groups is 2. The van der Waals surface area contributed by atoms with Gasteiger partial charge in [-0.05, 0) is 31.0 Å². The van der Waals surface area contributed by atoms with Crippen molar-refractivity contribution < 1.29 is 19.1 Å². The van der Waals surface area contributed by atoms with E-state index in [2.05, 4.69) is 15.5 Å². The third-order valence-electron chi connectivity index (χ3n) is 2.80. The third kappa shape index (κ3) is 4.72. The molecule has 21 heavy (non-hydrogen) atoms. The van der Waals surface area contributed by atoms with Crippen LogP contribution in [0.2, 0.25) is 0 Å². The molecule has 2 aromatic rings. The second-order valence-electron chi connectivity index (χ2n) is 4.47. The first kappa shape index (κ1) is 14.7. The van der Waals surface area contributed by atoms with Gasteiger partial charge in [0.1, 0.15) is 0 Å². The maximum Gasteiger partial charge on any atom is 0.303 e. The van der Waals surface area contributed by atoms with Gasteiger partial charge in [-0.3, -0.25) is 9.59 Å². The summed E-state index contributed by atoms with van der Waals surface area (Å²) in [4.78, 5) is 22.1. The van der Waals surface area contributed by atoms with E-state index in [4.69, 9.17) is 9.52 Å². The van der Waals surface area contributed by atoms with Crippen LogP contribution in [0.4, 0.5) is 5.69 Å². The van der Waals surface area contributed by atoms with Crippen molar-refractivity contribution in [3.05, 3.63) is 30.7 Å². The first-order chi connectivity index (χ1) is 10.1. The summed E-state index contributed by atoms with van der Waals surface area (Å²) in [6, 6.07) is 7.08. The van der Waals surface area contributed by atoms with Crippen molar-refractivity contribution in [2.45, 2.75) is 25.7 Å². The number of benzene rings is 1. The summed E-state index contributed by atoms with van der Waals surface area (Å²) in [5, 5.41) is 18.7. The number of anilines is 1. The van der Waals surface area contributed by atoms with Crippen LogP contribution < -0.4 is 5.32 Å². The molecule has 0 bridgehead atoms. The Balaban J connectivity index is 1.86. The number of rotatable bonds is 7. The van der Waals surface area contributed by atoms with Gasteiger partial charge in [0.15, 0.2) is 0 Å². The Morgan fingerprint density at radius 1 is 1.24 bits per heavy atom. The molecule has 1 amide bonds. The SMILES string of the molecule is O=C(O)CCCCC(=O)Nc1cccc(-c2nnco2)c1. The molecule has 110 valence electrons. The van der Waals surface area contributed by atoms with Crippen molar-refractivity contribution >= 4 is 17.6 Å². The van der Waals surface area contributed by atoms with Gasteiger partial charge < -0.3 is 14.8 Å². The van der Waals surface area contributed by atoms with E-state index < -0.39 is 5.97 Å². The maximum atomic E-state index is 11.7. The molecule has 2 N–H and O–H groups in total. The molecule has 0 aliphatic carbocycles. The van der Waals surface area contributed by atoms with Gasteiger partial charge in [0.05, 0.1) is 0 Å². The minimum absolute atomic E-state index is 0.0833. The third-order valence-corrected chi connectivity index (χ3v) is 2.80. The minimum Gasteiger partial charge on any atom is -0.481 e. The van der Waals surface area contributed by atoms with Gasteiger partial charge in [0.2, 0.25) is 18.2 Å². The summed E-state index contributed by atoms with van der Waals surface area (Å²) < 4.78 is 5.09. The normalized spacial score (nSPS) is 10.3. The number of aliphatic carboxylic acids is 1. The number of hydrogen-bond donors (Lipinski definition) is 2. The first-order valence-electron chi connectivity index (χ1n) is 6.53. The van der Waals surface area contributed by atoms with Gasteiger partial charge >= 0.3 is 5.97 Å². The lowest BCUT2D eigenvalue weighted by Crippen LogP contribution is -2.11. The summed E-state index contributed by atoms with van der Waals surface area (Å²) in [5.41, 5.74) is 1.35. The number of unbranched alkanes of at least 4 members (excludes halogenated alkanes) is 1. The summed E-state index contributed by atoms with van der Waals surface area (Å²) in [6.07, 6.45) is 2.65. The zero-order chi connectivity index (χ0) is 15.1. The van der Waals surface area contributed by atoms with Gasteiger partial charge in [-0.15, -0.1) is 10.2 Å². The number of carboxylic acid groups (broad SMARTS) is 1. The average molecular weight is 289 g/mol. The summed E-state index contributed by atoms with van der Waals surface area (Å²) >= 11 is 0. The number of amides is 1. The number of carboxylic acids is 1. The van der Waals surface area contributed by atoms with E-state index in [1.54, 1.807) is 24.3 Å². The van der Waals surface area contributed by atoms with Crippen LogP contribution in [0.15, 0.2) is 35.1 Å². The van der Waals surface area contributed by atoms with Crippen LogP contribution in [0.3, 0.4) is 0 Å². The molecule has 0 saturated carbocycles. The standard InChI is InChI=1S/C14H15N3O4/c18-12(6-1-2-7-13(19)20)16-11-5-3-4-10(8-11)14-17-15-9-21-14/h3-5,8-9H,1-2,6-7H2,(H,16,18)(H,19,20). The molecular formula is C14H15N3O4. The van der Waals surface area contributed by atoms with Gasteiger partial charge in [0, 0.05) is 24.1 Å². The molecule has 0 aliphatic heterocycles. The Labute approximate surface area is 121 Å². The second-order valence-corrected chi connectivity index (χ2v) is 4.47. The van der Waals surface area contributed by atoms with E-state index in [-0.39, 0.29) is 18.7 Å². The van der Waals surface area contributed by atoms with Crippen molar-refractivity contribution in [3.63, 3.8) is 0 Å². The van der Waals surface area contributed by atoms with Crippen LogP contribution in [0.25, 0.3) is 11.5 Å². The topological polar surface area (TPSA) is 105 Å². The maximum absolute atomic E-state index is 11.7. The van der Waals surface area contributed by atoms with Crippen LogP contribution >= 0.6 is 0 Å². The van der Waals surface area contributed by atoms with Crippen molar-refractivity contribution in [3.8, 4) is 11.5 Å². The lowest BCUT2D eigenvalue weighted by Gasteiger charge is -2.05. The van der Waals surface area contributed by atoms with E-state index in [0.29, 0.717) is 24.4 Å². The number of aromatic nitrogens is 2. The summed E-state index contributed by atoms with van der Waals surface area (Å²) in [5.74, 6) is -0.613. The van der Waals surface area contributed by atoms with Crippen LogP contribution in [-0.2, 0) is 9.59 Å². The predicted molar refractivity (Wildman–Crippen MR) is 74.5 cm³/mol. The van der Waals surface area contributed by atoms with Crippen LogP contribution in [0, 0.1) is 0 Å². The Morgan fingerprint density at radius 2 is 2.05 bits per heavy atom. The van der Waals surface area contributed by atoms with Crippen molar-refractivity contribution in [2.24, 2.45) is 0 Å². The lowest BCUT2D eigenvalue weighted by atomic mass is 10.1. The molecule has 1 aromatic carbocycles. The van der Waals surface area contributed by atoms with Crippen molar-refractivity contribution in [1.29, 1.82) is 0 Å². The fourth-order valence-electron chi connectivity index (χ4n) is 1.81. The molecule has 0 radical (unpaired) electrons. The zero-order valence-corrected chi connectivity index (χ0v) is 11.3.